The van der Waals surface area contributed by atoms with Gasteiger partial charge in [0.1, 0.15) is 5.75 Å². The molecule has 0 saturated heterocycles. The second kappa shape index (κ2) is 7.88. The molecular formula is C17H18F3NO3S. The summed E-state index contributed by atoms with van der Waals surface area (Å²) in [5.41, 5.74) is 2.19. The topological polar surface area (TPSA) is 55.4 Å². The van der Waals surface area contributed by atoms with Gasteiger partial charge in [0.2, 0.25) is 10.0 Å². The highest BCUT2D eigenvalue weighted by Gasteiger charge is 2.31. The van der Waals surface area contributed by atoms with Gasteiger partial charge in [-0.05, 0) is 48.2 Å². The van der Waals surface area contributed by atoms with Crippen LogP contribution in [-0.2, 0) is 22.9 Å². The van der Waals surface area contributed by atoms with E-state index in [1.54, 1.807) is 0 Å². The Bertz CT molecular complexity index is 785. The molecule has 136 valence electrons. The van der Waals surface area contributed by atoms with E-state index in [9.17, 15) is 21.6 Å². The van der Waals surface area contributed by atoms with E-state index in [2.05, 4.69) is 9.46 Å². The largest absolute Gasteiger partial charge is 0.573 e. The Hall–Kier alpha value is -2.06. The first-order valence-corrected chi connectivity index (χ1v) is 9.11. The summed E-state index contributed by atoms with van der Waals surface area (Å²) in [5, 5.41) is 0. The summed E-state index contributed by atoms with van der Waals surface area (Å²) in [6.07, 6.45) is -3.37. The van der Waals surface area contributed by atoms with Crippen molar-refractivity contribution in [3.63, 3.8) is 0 Å². The first-order valence-electron chi connectivity index (χ1n) is 7.63. The molecule has 0 unspecified atom stereocenters. The van der Waals surface area contributed by atoms with Crippen molar-refractivity contribution in [3.05, 3.63) is 59.7 Å². The number of hydrogen-bond acceptors (Lipinski definition) is 3. The molecule has 0 amide bonds. The van der Waals surface area contributed by atoms with Gasteiger partial charge in [-0.25, -0.2) is 13.1 Å². The van der Waals surface area contributed by atoms with Crippen molar-refractivity contribution in [2.24, 2.45) is 0 Å². The van der Waals surface area contributed by atoms with Gasteiger partial charge in [0, 0.05) is 6.54 Å². The summed E-state index contributed by atoms with van der Waals surface area (Å²) in [5.74, 6) is -0.470. The van der Waals surface area contributed by atoms with Crippen molar-refractivity contribution in [2.45, 2.75) is 31.0 Å². The van der Waals surface area contributed by atoms with Gasteiger partial charge in [0.25, 0.3) is 0 Å². The first-order chi connectivity index (χ1) is 11.7. The van der Waals surface area contributed by atoms with Crippen LogP contribution in [-0.4, -0.2) is 21.3 Å². The van der Waals surface area contributed by atoms with Crippen LogP contribution in [0.15, 0.2) is 53.4 Å². The summed E-state index contributed by atoms with van der Waals surface area (Å²) < 4.78 is 66.7. The van der Waals surface area contributed by atoms with Gasteiger partial charge in [-0.3, -0.25) is 0 Å². The average molecular weight is 373 g/mol. The van der Waals surface area contributed by atoms with Crippen LogP contribution in [0.1, 0.15) is 18.1 Å². The minimum absolute atomic E-state index is 0.122. The molecule has 0 aliphatic heterocycles. The number of benzene rings is 2. The second-order valence-corrected chi connectivity index (χ2v) is 7.10. The maximum Gasteiger partial charge on any atom is 0.573 e. The predicted molar refractivity (Wildman–Crippen MR) is 87.8 cm³/mol. The number of rotatable bonds is 7. The standard InChI is InChI=1S/C17H18F3NO3S/c1-2-13-3-5-14(6-4-13)11-12-21-25(22,23)16-9-7-15(8-10-16)24-17(18,19)20/h3-10,21H,2,11-12H2,1H3. The third-order valence-electron chi connectivity index (χ3n) is 3.50. The summed E-state index contributed by atoms with van der Waals surface area (Å²) in [4.78, 5) is -0.122. The lowest BCUT2D eigenvalue weighted by Crippen LogP contribution is -2.26. The highest BCUT2D eigenvalue weighted by Crippen LogP contribution is 2.23. The molecular weight excluding hydrogens is 355 g/mol. The fraction of sp³-hybridized carbons (Fsp3) is 0.294. The minimum Gasteiger partial charge on any atom is -0.406 e. The van der Waals surface area contributed by atoms with Gasteiger partial charge in [-0.15, -0.1) is 13.2 Å². The number of hydrogen-bond donors (Lipinski definition) is 1. The quantitative estimate of drug-likeness (QED) is 0.806. The smallest absolute Gasteiger partial charge is 0.406 e. The lowest BCUT2D eigenvalue weighted by molar-refractivity contribution is -0.274. The van der Waals surface area contributed by atoms with E-state index in [0.717, 1.165) is 36.2 Å². The molecule has 0 radical (unpaired) electrons. The third kappa shape index (κ3) is 6.06. The molecule has 25 heavy (non-hydrogen) atoms. The molecule has 0 heterocycles. The summed E-state index contributed by atoms with van der Waals surface area (Å²) in [6.45, 7) is 2.24. The van der Waals surface area contributed by atoms with Crippen LogP contribution < -0.4 is 9.46 Å². The Kier molecular flexibility index (Phi) is 6.07. The Balaban J connectivity index is 1.94. The van der Waals surface area contributed by atoms with Gasteiger partial charge < -0.3 is 4.74 Å². The van der Waals surface area contributed by atoms with Gasteiger partial charge in [-0.1, -0.05) is 31.2 Å². The van der Waals surface area contributed by atoms with Gasteiger partial charge >= 0.3 is 6.36 Å². The summed E-state index contributed by atoms with van der Waals surface area (Å²) in [7, 11) is -3.79. The van der Waals surface area contributed by atoms with Crippen LogP contribution in [0.4, 0.5) is 13.2 Å². The lowest BCUT2D eigenvalue weighted by atomic mass is 10.1. The third-order valence-corrected chi connectivity index (χ3v) is 4.98. The van der Waals surface area contributed by atoms with Crippen molar-refractivity contribution in [1.29, 1.82) is 0 Å². The Labute approximate surface area is 144 Å². The second-order valence-electron chi connectivity index (χ2n) is 5.34. The molecule has 0 spiro atoms. The van der Waals surface area contributed by atoms with Crippen LogP contribution in [0.5, 0.6) is 5.75 Å². The Morgan fingerprint density at radius 3 is 2.04 bits per heavy atom. The van der Waals surface area contributed by atoms with Crippen molar-refractivity contribution in [2.75, 3.05) is 6.54 Å². The number of sulfonamides is 1. The van der Waals surface area contributed by atoms with Gasteiger partial charge in [0.15, 0.2) is 0 Å². The molecule has 0 saturated carbocycles. The van der Waals surface area contributed by atoms with Gasteiger partial charge in [0.05, 0.1) is 4.90 Å². The molecule has 0 aromatic heterocycles. The van der Waals surface area contributed by atoms with Crippen molar-refractivity contribution in [1.82, 2.24) is 4.72 Å². The fourth-order valence-corrected chi connectivity index (χ4v) is 3.21. The SMILES string of the molecule is CCc1ccc(CCNS(=O)(=O)c2ccc(OC(F)(F)F)cc2)cc1. The molecule has 4 nitrogen and oxygen atoms in total. The van der Waals surface area contributed by atoms with Crippen LogP contribution in [0.2, 0.25) is 0 Å². The zero-order chi connectivity index (χ0) is 18.5. The minimum atomic E-state index is -4.81. The van der Waals surface area contributed by atoms with E-state index < -0.39 is 22.1 Å². The number of alkyl halides is 3. The molecule has 0 fully saturated rings. The summed E-state index contributed by atoms with van der Waals surface area (Å²) >= 11 is 0. The Morgan fingerprint density at radius 2 is 1.52 bits per heavy atom. The van der Waals surface area contributed by atoms with E-state index in [1.807, 2.05) is 31.2 Å². The number of aryl methyl sites for hydroxylation is 1. The maximum atomic E-state index is 12.1. The first kappa shape index (κ1) is 19.3. The van der Waals surface area contributed by atoms with E-state index in [-0.39, 0.29) is 11.4 Å². The van der Waals surface area contributed by atoms with Crippen LogP contribution in [0, 0.1) is 0 Å². The van der Waals surface area contributed by atoms with Crippen molar-refractivity contribution < 1.29 is 26.3 Å². The van der Waals surface area contributed by atoms with Gasteiger partial charge in [-0.2, -0.15) is 0 Å². The monoisotopic (exact) mass is 373 g/mol. The van der Waals surface area contributed by atoms with Crippen molar-refractivity contribution in [3.8, 4) is 5.75 Å². The number of nitrogens with one attached hydrogen (secondary N) is 1. The maximum absolute atomic E-state index is 12.1. The molecule has 0 bridgehead atoms. The zero-order valence-corrected chi connectivity index (χ0v) is 14.3. The predicted octanol–water partition coefficient (Wildman–Crippen LogP) is 3.67. The molecule has 2 rings (SSSR count). The highest BCUT2D eigenvalue weighted by molar-refractivity contribution is 7.89. The number of halogens is 3. The number of ether oxygens (including phenoxy) is 1. The Morgan fingerprint density at radius 1 is 0.960 bits per heavy atom. The molecule has 1 N–H and O–H groups in total. The fourth-order valence-electron chi connectivity index (χ4n) is 2.18. The van der Waals surface area contributed by atoms with Crippen LogP contribution in [0.3, 0.4) is 0 Å². The van der Waals surface area contributed by atoms with E-state index in [0.29, 0.717) is 6.42 Å². The summed E-state index contributed by atoms with van der Waals surface area (Å²) in [6, 6.07) is 11.9. The van der Waals surface area contributed by atoms with E-state index in [1.165, 1.54) is 5.56 Å². The normalized spacial score (nSPS) is 12.2. The highest BCUT2D eigenvalue weighted by atomic mass is 32.2. The van der Waals surface area contributed by atoms with Crippen molar-refractivity contribution >= 4 is 10.0 Å². The van der Waals surface area contributed by atoms with Crippen LogP contribution >= 0.6 is 0 Å². The zero-order valence-electron chi connectivity index (χ0n) is 13.5. The molecule has 0 atom stereocenters. The molecule has 0 aliphatic carbocycles. The van der Waals surface area contributed by atoms with E-state index in [4.69, 9.17) is 0 Å². The average Bonchev–Trinajstić information content (AvgIpc) is 2.54. The molecule has 2 aromatic carbocycles. The molecule has 2 aromatic rings. The van der Waals surface area contributed by atoms with E-state index >= 15 is 0 Å². The van der Waals surface area contributed by atoms with Crippen LogP contribution in [0.25, 0.3) is 0 Å². The molecule has 8 heteroatoms. The molecule has 0 aliphatic rings. The lowest BCUT2D eigenvalue weighted by Gasteiger charge is -2.10.